The first kappa shape index (κ1) is 44.4. The summed E-state index contributed by atoms with van der Waals surface area (Å²) in [5.74, 6) is -0.618. The summed E-state index contributed by atoms with van der Waals surface area (Å²) in [6.45, 7) is 2.83. The molecule has 8 rings (SSSR count). The standard InChI is InChI=1S/C55H54F3NO5/c1-53(2,40-32-34-44(35-33-40)55(56,57)58)64-51(60)50(59-52(61)62-36-49-47-26-16-14-24-45(47)46-25-15-17-27-48(46)49)37-63-54(41-20-10-6-11-21-41,42-22-12-7-13-23-42)43-30-28-39(29-31-43)38-18-8-4-3-5-9-19-38/h6-7,10-17,20-35,38,49-50H,3-5,8-9,18-19,36-37H2,1-2H3,(H,59,61)/t50-/m0/s1. The smallest absolute Gasteiger partial charge is 0.416 e. The lowest BCUT2D eigenvalue weighted by Crippen LogP contribution is -2.49. The highest BCUT2D eigenvalue weighted by Gasteiger charge is 2.41. The van der Waals surface area contributed by atoms with Crippen LogP contribution in [-0.2, 0) is 36.4 Å². The van der Waals surface area contributed by atoms with Crippen molar-refractivity contribution in [1.82, 2.24) is 5.32 Å². The first-order valence-corrected chi connectivity index (χ1v) is 22.3. The highest BCUT2D eigenvalue weighted by molar-refractivity contribution is 5.82. The van der Waals surface area contributed by atoms with Crippen LogP contribution in [0.15, 0.2) is 158 Å². The van der Waals surface area contributed by atoms with E-state index in [0.29, 0.717) is 11.5 Å². The highest BCUT2D eigenvalue weighted by atomic mass is 19.4. The van der Waals surface area contributed by atoms with E-state index in [2.05, 4.69) is 29.6 Å². The fourth-order valence-electron chi connectivity index (χ4n) is 9.48. The van der Waals surface area contributed by atoms with Crippen LogP contribution in [0.5, 0.6) is 0 Å². The molecular formula is C55H54F3NO5. The number of halogens is 3. The van der Waals surface area contributed by atoms with E-state index in [1.165, 1.54) is 49.8 Å². The van der Waals surface area contributed by atoms with Gasteiger partial charge in [0.15, 0.2) is 6.04 Å². The highest BCUT2D eigenvalue weighted by Crippen LogP contribution is 2.45. The van der Waals surface area contributed by atoms with Crippen molar-refractivity contribution < 1.29 is 37.0 Å². The van der Waals surface area contributed by atoms with Crippen LogP contribution in [0.1, 0.15) is 115 Å². The molecule has 6 aromatic carbocycles. The Morgan fingerprint density at radius 1 is 0.594 bits per heavy atom. The molecule has 0 radical (unpaired) electrons. The molecule has 64 heavy (non-hydrogen) atoms. The Morgan fingerprint density at radius 2 is 1.06 bits per heavy atom. The summed E-state index contributed by atoms with van der Waals surface area (Å²) in [6.07, 6.45) is 3.11. The van der Waals surface area contributed by atoms with Crippen LogP contribution in [0.2, 0.25) is 0 Å². The zero-order valence-electron chi connectivity index (χ0n) is 36.3. The maximum Gasteiger partial charge on any atom is 0.416 e. The van der Waals surface area contributed by atoms with E-state index in [0.717, 1.165) is 63.9 Å². The molecule has 330 valence electrons. The molecule has 1 N–H and O–H groups in total. The summed E-state index contributed by atoms with van der Waals surface area (Å²) in [4.78, 5) is 28.5. The second-order valence-corrected chi connectivity index (χ2v) is 17.4. The third-order valence-corrected chi connectivity index (χ3v) is 12.9. The Bertz CT molecular complexity index is 2410. The first-order valence-electron chi connectivity index (χ1n) is 22.3. The number of amides is 1. The van der Waals surface area contributed by atoms with E-state index >= 15 is 0 Å². The Balaban J connectivity index is 1.12. The number of carbonyl (C=O) groups is 2. The molecule has 2 aliphatic rings. The number of esters is 1. The molecule has 0 heterocycles. The number of fused-ring (bicyclic) bond motifs is 3. The van der Waals surface area contributed by atoms with Crippen molar-refractivity contribution in [2.45, 2.75) is 94.0 Å². The van der Waals surface area contributed by atoms with Crippen LogP contribution in [-0.4, -0.2) is 31.3 Å². The third-order valence-electron chi connectivity index (χ3n) is 12.9. The van der Waals surface area contributed by atoms with Gasteiger partial charge in [-0.15, -0.1) is 0 Å². The second-order valence-electron chi connectivity index (χ2n) is 17.4. The van der Waals surface area contributed by atoms with Gasteiger partial charge in [0.2, 0.25) is 0 Å². The van der Waals surface area contributed by atoms with E-state index in [1.54, 1.807) is 13.8 Å². The quantitative estimate of drug-likeness (QED) is 0.0925. The largest absolute Gasteiger partial charge is 0.453 e. The predicted octanol–water partition coefficient (Wildman–Crippen LogP) is 13.2. The molecule has 1 amide bonds. The minimum absolute atomic E-state index is 0.00480. The number of nitrogens with one attached hydrogen (secondary N) is 1. The molecule has 6 nitrogen and oxygen atoms in total. The van der Waals surface area contributed by atoms with Gasteiger partial charge in [-0.05, 0) is 94.8 Å². The first-order chi connectivity index (χ1) is 30.9. The fourth-order valence-corrected chi connectivity index (χ4v) is 9.48. The van der Waals surface area contributed by atoms with Gasteiger partial charge >= 0.3 is 18.2 Å². The average Bonchev–Trinajstić information content (AvgIpc) is 3.62. The van der Waals surface area contributed by atoms with Crippen molar-refractivity contribution in [1.29, 1.82) is 0 Å². The predicted molar refractivity (Wildman–Crippen MR) is 243 cm³/mol. The molecule has 0 unspecified atom stereocenters. The summed E-state index contributed by atoms with van der Waals surface area (Å²) >= 11 is 0. The molecule has 0 saturated heterocycles. The van der Waals surface area contributed by atoms with E-state index in [9.17, 15) is 22.8 Å². The van der Waals surface area contributed by atoms with E-state index in [1.807, 2.05) is 109 Å². The number of rotatable bonds is 13. The van der Waals surface area contributed by atoms with Gasteiger partial charge in [0.25, 0.3) is 0 Å². The molecule has 9 heteroatoms. The number of alkyl carbamates (subject to hydrolysis) is 1. The Morgan fingerprint density at radius 3 is 1.61 bits per heavy atom. The molecule has 0 spiro atoms. The number of hydrogen-bond donors (Lipinski definition) is 1. The average molecular weight is 866 g/mol. The van der Waals surface area contributed by atoms with Gasteiger partial charge in [0.1, 0.15) is 17.8 Å². The maximum atomic E-state index is 14.5. The number of ether oxygens (including phenoxy) is 3. The van der Waals surface area contributed by atoms with Crippen LogP contribution in [0.3, 0.4) is 0 Å². The topological polar surface area (TPSA) is 73.9 Å². The van der Waals surface area contributed by atoms with Crippen molar-refractivity contribution >= 4 is 12.1 Å². The van der Waals surface area contributed by atoms with Crippen LogP contribution in [0.4, 0.5) is 18.0 Å². The Kier molecular flexibility index (Phi) is 13.4. The molecular weight excluding hydrogens is 812 g/mol. The van der Waals surface area contributed by atoms with E-state index in [-0.39, 0.29) is 19.1 Å². The summed E-state index contributed by atoms with van der Waals surface area (Å²) in [6, 6.07) is 47.2. The van der Waals surface area contributed by atoms with Gasteiger partial charge in [-0.1, -0.05) is 178 Å². The second kappa shape index (κ2) is 19.3. The molecule has 2 aliphatic carbocycles. The van der Waals surface area contributed by atoms with Crippen molar-refractivity contribution in [3.8, 4) is 11.1 Å². The van der Waals surface area contributed by atoms with Gasteiger partial charge < -0.3 is 19.5 Å². The van der Waals surface area contributed by atoms with Crippen LogP contribution >= 0.6 is 0 Å². The molecule has 1 saturated carbocycles. The summed E-state index contributed by atoms with van der Waals surface area (Å²) < 4.78 is 59.7. The van der Waals surface area contributed by atoms with Crippen molar-refractivity contribution in [2.24, 2.45) is 0 Å². The normalized spacial score (nSPS) is 15.3. The Hall–Kier alpha value is -6.19. The zero-order valence-corrected chi connectivity index (χ0v) is 36.3. The van der Waals surface area contributed by atoms with Gasteiger partial charge in [-0.2, -0.15) is 13.2 Å². The molecule has 1 atom stereocenters. The SMILES string of the molecule is CC(C)(OC(=O)[C@H](COC(c1ccccc1)(c1ccccc1)c1ccc(C2CCCCCCC2)cc1)NC(=O)OCC1c2ccccc2-c2ccccc21)c1ccc(C(F)(F)F)cc1. The Labute approximate surface area is 373 Å². The van der Waals surface area contributed by atoms with E-state index in [4.69, 9.17) is 14.2 Å². The molecule has 1 fully saturated rings. The summed E-state index contributed by atoms with van der Waals surface area (Å²) in [7, 11) is 0. The van der Waals surface area contributed by atoms with Crippen molar-refractivity contribution in [3.63, 3.8) is 0 Å². The fraction of sp³-hybridized carbons (Fsp3) is 0.309. The van der Waals surface area contributed by atoms with Gasteiger partial charge in [0, 0.05) is 5.92 Å². The lowest BCUT2D eigenvalue weighted by molar-refractivity contribution is -0.163. The van der Waals surface area contributed by atoms with E-state index < -0.39 is 41.0 Å². The van der Waals surface area contributed by atoms with Crippen LogP contribution in [0.25, 0.3) is 11.1 Å². The number of carbonyl (C=O) groups excluding carboxylic acids is 2. The molecule has 0 aromatic heterocycles. The summed E-state index contributed by atoms with van der Waals surface area (Å²) in [5, 5.41) is 2.77. The zero-order chi connectivity index (χ0) is 44.7. The summed E-state index contributed by atoms with van der Waals surface area (Å²) in [5.41, 5.74) is 4.79. The number of hydrogen-bond acceptors (Lipinski definition) is 5. The van der Waals surface area contributed by atoms with Crippen molar-refractivity contribution in [2.75, 3.05) is 13.2 Å². The van der Waals surface area contributed by atoms with Gasteiger partial charge in [-0.25, -0.2) is 9.59 Å². The lowest BCUT2D eigenvalue weighted by atomic mass is 9.78. The van der Waals surface area contributed by atoms with Gasteiger partial charge in [-0.3, -0.25) is 0 Å². The minimum atomic E-state index is -4.53. The van der Waals surface area contributed by atoms with Crippen LogP contribution in [0, 0.1) is 0 Å². The minimum Gasteiger partial charge on any atom is -0.453 e. The monoisotopic (exact) mass is 865 g/mol. The van der Waals surface area contributed by atoms with Crippen LogP contribution < -0.4 is 5.32 Å². The molecule has 6 aromatic rings. The lowest BCUT2D eigenvalue weighted by Gasteiger charge is -2.37. The molecule has 0 aliphatic heterocycles. The third kappa shape index (κ3) is 9.65. The molecule has 0 bridgehead atoms. The van der Waals surface area contributed by atoms with Crippen molar-refractivity contribution in [3.05, 3.63) is 202 Å². The number of benzene rings is 6. The maximum absolute atomic E-state index is 14.5. The van der Waals surface area contributed by atoms with Gasteiger partial charge in [0.05, 0.1) is 12.2 Å². The number of alkyl halides is 3.